The van der Waals surface area contributed by atoms with Crippen LogP contribution < -0.4 is 0 Å². The lowest BCUT2D eigenvalue weighted by molar-refractivity contribution is -0.165. The Labute approximate surface area is 110 Å². The maximum atomic E-state index is 11.4. The lowest BCUT2D eigenvalue weighted by Crippen LogP contribution is -2.12. The number of carbonyl (C=O) groups excluding carboxylic acids is 2. The van der Waals surface area contributed by atoms with Gasteiger partial charge in [-0.1, -0.05) is 6.08 Å². The van der Waals surface area contributed by atoms with Gasteiger partial charge < -0.3 is 9.47 Å². The molecule has 0 saturated heterocycles. The normalized spacial score (nSPS) is 9.83. The van der Waals surface area contributed by atoms with Crippen LogP contribution in [-0.2, 0) is 31.9 Å². The molecule has 0 unspecified atom stereocenters. The van der Waals surface area contributed by atoms with Crippen molar-refractivity contribution in [2.75, 3.05) is 6.79 Å². The van der Waals surface area contributed by atoms with E-state index in [2.05, 4.69) is 11.3 Å². The van der Waals surface area contributed by atoms with Crippen molar-refractivity contribution in [2.45, 2.75) is 26.2 Å². The van der Waals surface area contributed by atoms with Gasteiger partial charge in [0.2, 0.25) is 6.79 Å². The smallest absolute Gasteiger partial charge is 0.313 e. The molecule has 98 valence electrons. The first-order valence-corrected chi connectivity index (χ1v) is 6.41. The van der Waals surface area contributed by atoms with Gasteiger partial charge in [-0.25, -0.2) is 0 Å². The summed E-state index contributed by atoms with van der Waals surface area (Å²) in [6.45, 7) is 4.61. The topological polar surface area (TPSA) is 52.6 Å². The molecule has 0 amide bonds. The van der Waals surface area contributed by atoms with Crippen LogP contribution in [0.1, 0.15) is 23.1 Å². The van der Waals surface area contributed by atoms with E-state index in [1.54, 1.807) is 11.3 Å². The molecule has 0 aromatic carbocycles. The molecule has 0 aliphatic carbocycles. The molecule has 0 fully saturated rings. The lowest BCUT2D eigenvalue weighted by atomic mass is 10.2. The van der Waals surface area contributed by atoms with Crippen LogP contribution in [0.3, 0.4) is 0 Å². The molecule has 0 N–H and O–H groups in total. The monoisotopic (exact) mass is 268 g/mol. The van der Waals surface area contributed by atoms with Crippen molar-refractivity contribution in [1.82, 2.24) is 0 Å². The summed E-state index contributed by atoms with van der Waals surface area (Å²) in [4.78, 5) is 24.0. The quantitative estimate of drug-likeness (QED) is 0.433. The van der Waals surface area contributed by atoms with E-state index in [0.717, 1.165) is 17.7 Å². The minimum absolute atomic E-state index is 0.208. The number of rotatable bonds is 7. The summed E-state index contributed by atoms with van der Waals surface area (Å²) in [6, 6.07) is 3.92. The number of ether oxygens (including phenoxy) is 2. The van der Waals surface area contributed by atoms with E-state index in [4.69, 9.17) is 4.74 Å². The maximum Gasteiger partial charge on any atom is 0.313 e. The Hall–Kier alpha value is -1.62. The van der Waals surface area contributed by atoms with Gasteiger partial charge in [0, 0.05) is 16.7 Å². The van der Waals surface area contributed by atoms with Crippen molar-refractivity contribution in [3.05, 3.63) is 34.5 Å². The third-order valence-electron chi connectivity index (χ3n) is 2.11. The van der Waals surface area contributed by atoms with Gasteiger partial charge in [0.05, 0.1) is 6.42 Å². The molecule has 0 spiro atoms. The highest BCUT2D eigenvalue weighted by molar-refractivity contribution is 7.12. The van der Waals surface area contributed by atoms with E-state index in [9.17, 15) is 9.59 Å². The predicted molar refractivity (Wildman–Crippen MR) is 69.3 cm³/mol. The molecular formula is C13H16O4S. The number of hydrogen-bond donors (Lipinski definition) is 0. The van der Waals surface area contributed by atoms with Gasteiger partial charge in [0.15, 0.2) is 0 Å². The van der Waals surface area contributed by atoms with Crippen LogP contribution >= 0.6 is 11.3 Å². The Morgan fingerprint density at radius 1 is 1.33 bits per heavy atom. The van der Waals surface area contributed by atoms with Crippen molar-refractivity contribution in [1.29, 1.82) is 0 Å². The van der Waals surface area contributed by atoms with E-state index in [0.29, 0.717) is 0 Å². The van der Waals surface area contributed by atoms with E-state index >= 15 is 0 Å². The van der Waals surface area contributed by atoms with Crippen LogP contribution in [0.4, 0.5) is 0 Å². The summed E-state index contributed by atoms with van der Waals surface area (Å²) in [5.74, 6) is -0.862. The van der Waals surface area contributed by atoms with Crippen molar-refractivity contribution >= 4 is 23.3 Å². The van der Waals surface area contributed by atoms with Gasteiger partial charge in [-0.05, 0) is 25.0 Å². The van der Waals surface area contributed by atoms with Crippen LogP contribution in [0.5, 0.6) is 0 Å². The second-order valence-electron chi connectivity index (χ2n) is 3.64. The second kappa shape index (κ2) is 7.66. The molecule has 1 heterocycles. The zero-order chi connectivity index (χ0) is 13.4. The molecule has 4 nitrogen and oxygen atoms in total. The van der Waals surface area contributed by atoms with E-state index < -0.39 is 11.9 Å². The Morgan fingerprint density at radius 2 is 2.06 bits per heavy atom. The number of aryl methyl sites for hydroxylation is 1. The number of thiophene rings is 1. The van der Waals surface area contributed by atoms with Crippen molar-refractivity contribution in [3.8, 4) is 0 Å². The van der Waals surface area contributed by atoms with Crippen LogP contribution in [0.15, 0.2) is 24.8 Å². The fourth-order valence-corrected chi connectivity index (χ4v) is 2.29. The average molecular weight is 268 g/mol. The Morgan fingerprint density at radius 3 is 2.72 bits per heavy atom. The summed E-state index contributed by atoms with van der Waals surface area (Å²) in [7, 11) is 0. The molecule has 1 aromatic rings. The molecule has 0 bridgehead atoms. The highest BCUT2D eigenvalue weighted by atomic mass is 32.1. The van der Waals surface area contributed by atoms with Crippen LogP contribution in [0.25, 0.3) is 0 Å². The zero-order valence-corrected chi connectivity index (χ0v) is 11.1. The molecule has 1 rings (SSSR count). The molecule has 0 saturated carbocycles. The first-order chi connectivity index (χ1) is 8.61. The minimum Gasteiger partial charge on any atom is -0.428 e. The third kappa shape index (κ3) is 5.63. The summed E-state index contributed by atoms with van der Waals surface area (Å²) < 4.78 is 9.27. The standard InChI is InChI=1S/C13H16O4S/c1-3-4-5-11-6-7-12(18-11)8-13(15)17-9-16-10(2)14/h3,6-7H,1,4-5,8-9H2,2H3. The summed E-state index contributed by atoms with van der Waals surface area (Å²) in [5.41, 5.74) is 0. The lowest BCUT2D eigenvalue weighted by Gasteiger charge is -2.03. The largest absolute Gasteiger partial charge is 0.428 e. The number of esters is 2. The molecule has 18 heavy (non-hydrogen) atoms. The second-order valence-corrected chi connectivity index (χ2v) is 4.90. The van der Waals surface area contributed by atoms with Crippen molar-refractivity contribution < 1.29 is 19.1 Å². The first-order valence-electron chi connectivity index (χ1n) is 5.59. The molecule has 0 aliphatic rings. The average Bonchev–Trinajstić information content (AvgIpc) is 2.73. The Bertz CT molecular complexity index is 422. The molecule has 0 atom stereocenters. The Kier molecular flexibility index (Phi) is 6.14. The van der Waals surface area contributed by atoms with Gasteiger partial charge in [0.25, 0.3) is 0 Å². The highest BCUT2D eigenvalue weighted by Gasteiger charge is 2.08. The zero-order valence-electron chi connectivity index (χ0n) is 10.3. The van der Waals surface area contributed by atoms with Crippen LogP contribution in [-0.4, -0.2) is 18.7 Å². The first kappa shape index (κ1) is 14.4. The van der Waals surface area contributed by atoms with Gasteiger partial charge in [0.1, 0.15) is 0 Å². The fourth-order valence-electron chi connectivity index (χ4n) is 1.27. The van der Waals surface area contributed by atoms with E-state index in [1.807, 2.05) is 18.2 Å². The molecule has 0 aliphatic heterocycles. The van der Waals surface area contributed by atoms with E-state index in [1.165, 1.54) is 11.8 Å². The van der Waals surface area contributed by atoms with Gasteiger partial charge in [-0.3, -0.25) is 9.59 Å². The highest BCUT2D eigenvalue weighted by Crippen LogP contribution is 2.19. The molecule has 1 aromatic heterocycles. The number of allylic oxidation sites excluding steroid dienone is 1. The molecule has 5 heteroatoms. The predicted octanol–water partition coefficient (Wildman–Crippen LogP) is 2.47. The maximum absolute atomic E-state index is 11.4. The Balaban J connectivity index is 2.32. The van der Waals surface area contributed by atoms with Crippen LogP contribution in [0.2, 0.25) is 0 Å². The van der Waals surface area contributed by atoms with Crippen molar-refractivity contribution in [3.63, 3.8) is 0 Å². The number of hydrogen-bond acceptors (Lipinski definition) is 5. The summed E-state index contributed by atoms with van der Waals surface area (Å²) in [5, 5.41) is 0. The molecule has 0 radical (unpaired) electrons. The SMILES string of the molecule is C=CCCc1ccc(CC(=O)OCOC(C)=O)s1. The number of carbonyl (C=O) groups is 2. The fraction of sp³-hybridized carbons (Fsp3) is 0.385. The third-order valence-corrected chi connectivity index (χ3v) is 3.26. The van der Waals surface area contributed by atoms with Crippen molar-refractivity contribution in [2.24, 2.45) is 0 Å². The molecular weight excluding hydrogens is 252 g/mol. The van der Waals surface area contributed by atoms with Gasteiger partial charge >= 0.3 is 11.9 Å². The van der Waals surface area contributed by atoms with Crippen LogP contribution in [0, 0.1) is 0 Å². The van der Waals surface area contributed by atoms with Gasteiger partial charge in [-0.15, -0.1) is 17.9 Å². The summed E-state index contributed by atoms with van der Waals surface area (Å²) >= 11 is 1.58. The van der Waals surface area contributed by atoms with Gasteiger partial charge in [-0.2, -0.15) is 0 Å². The van der Waals surface area contributed by atoms with E-state index in [-0.39, 0.29) is 13.2 Å². The summed E-state index contributed by atoms with van der Waals surface area (Å²) in [6.07, 6.45) is 3.94. The minimum atomic E-state index is -0.467.